The van der Waals surface area contributed by atoms with Crippen LogP contribution >= 0.6 is 24.0 Å². The van der Waals surface area contributed by atoms with E-state index in [1.54, 1.807) is 30.3 Å². The fraction of sp³-hybridized carbons (Fsp3) is 0.286. The van der Waals surface area contributed by atoms with Crippen molar-refractivity contribution >= 4 is 46.1 Å². The third kappa shape index (κ3) is 4.54. The third-order valence-corrected chi connectivity index (χ3v) is 4.27. The van der Waals surface area contributed by atoms with Gasteiger partial charge in [-0.25, -0.2) is 4.79 Å². The molecule has 0 unspecified atom stereocenters. The number of thioether (sulfide) groups is 1. The van der Waals surface area contributed by atoms with Gasteiger partial charge >= 0.3 is 5.97 Å². The normalized spacial score (nSPS) is 14.1. The highest BCUT2D eigenvalue weighted by Gasteiger charge is 2.25. The SMILES string of the molecule is O=C(COC(=O)c1ccccc1)NCCN1C(=O)CSC1=S. The van der Waals surface area contributed by atoms with Gasteiger partial charge in [0.2, 0.25) is 5.91 Å². The molecule has 1 aliphatic rings. The first kappa shape index (κ1) is 16.4. The largest absolute Gasteiger partial charge is 0.452 e. The van der Waals surface area contributed by atoms with Crippen LogP contribution in [0, 0.1) is 0 Å². The van der Waals surface area contributed by atoms with Crippen molar-refractivity contribution in [2.45, 2.75) is 0 Å². The van der Waals surface area contributed by atoms with Crippen molar-refractivity contribution in [2.24, 2.45) is 0 Å². The average molecular weight is 338 g/mol. The molecule has 1 saturated heterocycles. The molecule has 1 heterocycles. The standard InChI is InChI=1S/C14H14N2O4S2/c17-11(8-20-13(19)10-4-2-1-3-5-10)15-6-7-16-12(18)9-22-14(16)21/h1-5H,6-9H2,(H,15,17). The van der Waals surface area contributed by atoms with E-state index in [1.807, 2.05) is 0 Å². The lowest BCUT2D eigenvalue weighted by Crippen LogP contribution is -2.38. The number of thiocarbonyl (C=S) groups is 1. The van der Waals surface area contributed by atoms with Gasteiger partial charge in [-0.2, -0.15) is 0 Å². The Bertz CT molecular complexity index is 576. The maximum absolute atomic E-state index is 11.6. The van der Waals surface area contributed by atoms with Crippen LogP contribution in [0.5, 0.6) is 0 Å². The van der Waals surface area contributed by atoms with Crippen molar-refractivity contribution in [3.63, 3.8) is 0 Å². The maximum Gasteiger partial charge on any atom is 0.338 e. The summed E-state index contributed by atoms with van der Waals surface area (Å²) in [6.45, 7) is 0.220. The number of esters is 1. The highest BCUT2D eigenvalue weighted by molar-refractivity contribution is 8.23. The molecule has 2 rings (SSSR count). The van der Waals surface area contributed by atoms with E-state index in [0.29, 0.717) is 22.2 Å². The van der Waals surface area contributed by atoms with Crippen LogP contribution in [-0.2, 0) is 14.3 Å². The fourth-order valence-electron chi connectivity index (χ4n) is 1.74. The summed E-state index contributed by atoms with van der Waals surface area (Å²) in [5, 5.41) is 2.58. The maximum atomic E-state index is 11.6. The molecule has 0 aliphatic carbocycles. The van der Waals surface area contributed by atoms with Gasteiger partial charge in [0.05, 0.1) is 11.3 Å². The van der Waals surface area contributed by atoms with Gasteiger partial charge in [-0.1, -0.05) is 42.2 Å². The summed E-state index contributed by atoms with van der Waals surface area (Å²) < 4.78 is 5.42. The molecule has 0 saturated carbocycles. The van der Waals surface area contributed by atoms with E-state index in [4.69, 9.17) is 17.0 Å². The zero-order chi connectivity index (χ0) is 15.9. The van der Waals surface area contributed by atoms with E-state index < -0.39 is 11.9 Å². The molecule has 1 aromatic rings. The lowest BCUT2D eigenvalue weighted by Gasteiger charge is -2.15. The van der Waals surface area contributed by atoms with Crippen LogP contribution in [-0.4, -0.2) is 52.5 Å². The molecule has 6 nitrogen and oxygen atoms in total. The van der Waals surface area contributed by atoms with Crippen LogP contribution in [0.15, 0.2) is 30.3 Å². The number of hydrogen-bond acceptors (Lipinski definition) is 6. The molecular formula is C14H14N2O4S2. The van der Waals surface area contributed by atoms with Crippen molar-refractivity contribution in [2.75, 3.05) is 25.4 Å². The Morgan fingerprint density at radius 1 is 1.32 bits per heavy atom. The van der Waals surface area contributed by atoms with E-state index in [-0.39, 0.29) is 19.1 Å². The Labute approximate surface area is 137 Å². The molecule has 116 valence electrons. The zero-order valence-corrected chi connectivity index (χ0v) is 13.2. The van der Waals surface area contributed by atoms with Crippen molar-refractivity contribution in [1.29, 1.82) is 0 Å². The van der Waals surface area contributed by atoms with Gasteiger partial charge in [0.15, 0.2) is 6.61 Å². The molecule has 1 N–H and O–H groups in total. The highest BCUT2D eigenvalue weighted by atomic mass is 32.2. The van der Waals surface area contributed by atoms with Gasteiger partial charge in [-0.05, 0) is 12.1 Å². The number of carbonyl (C=O) groups excluding carboxylic acids is 3. The number of hydrogen-bond donors (Lipinski definition) is 1. The molecule has 0 spiro atoms. The molecule has 0 bridgehead atoms. The number of carbonyl (C=O) groups is 3. The molecule has 1 aliphatic heterocycles. The van der Waals surface area contributed by atoms with Gasteiger partial charge in [0.25, 0.3) is 5.91 Å². The lowest BCUT2D eigenvalue weighted by molar-refractivity contribution is -0.126. The highest BCUT2D eigenvalue weighted by Crippen LogP contribution is 2.18. The first-order chi connectivity index (χ1) is 10.6. The van der Waals surface area contributed by atoms with Crippen molar-refractivity contribution in [3.8, 4) is 0 Å². The predicted octanol–water partition coefficient (Wildman–Crippen LogP) is 0.820. The monoisotopic (exact) mass is 338 g/mol. The topological polar surface area (TPSA) is 75.7 Å². The fourth-order valence-corrected chi connectivity index (χ4v) is 2.87. The molecular weight excluding hydrogens is 324 g/mol. The Kier molecular flexibility index (Phi) is 5.91. The minimum absolute atomic E-state index is 0.0558. The number of nitrogens with zero attached hydrogens (tertiary/aromatic N) is 1. The summed E-state index contributed by atoms with van der Waals surface area (Å²) in [6, 6.07) is 8.43. The first-order valence-electron chi connectivity index (χ1n) is 6.54. The molecule has 1 aromatic carbocycles. The van der Waals surface area contributed by atoms with E-state index in [0.717, 1.165) is 0 Å². The van der Waals surface area contributed by atoms with Gasteiger partial charge in [-0.15, -0.1) is 0 Å². The summed E-state index contributed by atoms with van der Waals surface area (Å²) in [7, 11) is 0. The number of amides is 2. The summed E-state index contributed by atoms with van der Waals surface area (Å²) in [5.41, 5.74) is 0.389. The van der Waals surface area contributed by atoms with Gasteiger partial charge < -0.3 is 10.1 Å². The minimum atomic E-state index is -0.553. The van der Waals surface area contributed by atoms with Crippen LogP contribution in [0.3, 0.4) is 0 Å². The smallest absolute Gasteiger partial charge is 0.338 e. The Morgan fingerprint density at radius 2 is 2.05 bits per heavy atom. The molecule has 1 fully saturated rings. The van der Waals surface area contributed by atoms with Gasteiger partial charge in [0.1, 0.15) is 4.32 Å². The van der Waals surface area contributed by atoms with Crippen LogP contribution in [0.2, 0.25) is 0 Å². The Hall–Kier alpha value is -1.93. The Morgan fingerprint density at radius 3 is 2.68 bits per heavy atom. The van der Waals surface area contributed by atoms with Crippen molar-refractivity contribution in [1.82, 2.24) is 10.2 Å². The van der Waals surface area contributed by atoms with Crippen LogP contribution in [0.25, 0.3) is 0 Å². The minimum Gasteiger partial charge on any atom is -0.452 e. The first-order valence-corrected chi connectivity index (χ1v) is 7.93. The van der Waals surface area contributed by atoms with E-state index >= 15 is 0 Å². The second-order valence-electron chi connectivity index (χ2n) is 4.39. The molecule has 0 atom stereocenters. The van der Waals surface area contributed by atoms with Crippen LogP contribution in [0.4, 0.5) is 0 Å². The van der Waals surface area contributed by atoms with E-state index in [1.165, 1.54) is 16.7 Å². The second-order valence-corrected chi connectivity index (χ2v) is 6.00. The molecule has 0 radical (unpaired) electrons. The summed E-state index contributed by atoms with van der Waals surface area (Å²) >= 11 is 6.33. The molecule has 22 heavy (non-hydrogen) atoms. The number of benzene rings is 1. The van der Waals surface area contributed by atoms with Gasteiger partial charge in [0, 0.05) is 13.1 Å². The molecule has 8 heteroatoms. The second kappa shape index (κ2) is 7.90. The lowest BCUT2D eigenvalue weighted by atomic mass is 10.2. The van der Waals surface area contributed by atoms with Crippen molar-refractivity contribution < 1.29 is 19.1 Å². The third-order valence-electron chi connectivity index (χ3n) is 2.84. The van der Waals surface area contributed by atoms with Crippen molar-refractivity contribution in [3.05, 3.63) is 35.9 Å². The van der Waals surface area contributed by atoms with Crippen LogP contribution in [0.1, 0.15) is 10.4 Å². The summed E-state index contributed by atoms with van der Waals surface area (Å²) in [4.78, 5) is 36.2. The van der Waals surface area contributed by atoms with Gasteiger partial charge in [-0.3, -0.25) is 14.5 Å². The summed E-state index contributed by atoms with van der Waals surface area (Å²) in [6.07, 6.45) is 0. The van der Waals surface area contributed by atoms with E-state index in [9.17, 15) is 14.4 Å². The molecule has 0 aromatic heterocycles. The number of nitrogens with one attached hydrogen (secondary N) is 1. The number of ether oxygens (including phenoxy) is 1. The van der Waals surface area contributed by atoms with Crippen LogP contribution < -0.4 is 5.32 Å². The average Bonchev–Trinajstić information content (AvgIpc) is 2.85. The Balaban J connectivity index is 1.67. The number of rotatable bonds is 6. The summed E-state index contributed by atoms with van der Waals surface area (Å²) in [5.74, 6) is -0.682. The molecule has 2 amide bonds. The zero-order valence-electron chi connectivity index (χ0n) is 11.6. The predicted molar refractivity (Wildman–Crippen MR) is 86.5 cm³/mol. The van der Waals surface area contributed by atoms with E-state index in [2.05, 4.69) is 5.32 Å². The quantitative estimate of drug-likeness (QED) is 0.611.